The number of carbonyl (C=O) groups is 2. The standard InChI is InChI=1S/C24H20ClN5O5S/c1-14-10-19(15(2)29(14)18-7-5-17(25)6-8-18)21(31)12-35-23(32)16-4-9-22(20(11-16)30(33)34)36-24-27-26-13-28(24)3/h4-11,13H,12H2,1-3H3. The van der Waals surface area contributed by atoms with Crippen LogP contribution in [0, 0.1) is 24.0 Å². The third-order valence-corrected chi connectivity index (χ3v) is 6.78. The zero-order chi connectivity index (χ0) is 26.0. The molecule has 2 aromatic carbocycles. The molecule has 0 radical (unpaired) electrons. The minimum absolute atomic E-state index is 0.0385. The molecule has 0 aliphatic rings. The van der Waals surface area contributed by atoms with Gasteiger partial charge in [0.15, 0.2) is 11.8 Å². The summed E-state index contributed by atoms with van der Waals surface area (Å²) in [7, 11) is 1.71. The van der Waals surface area contributed by atoms with Gasteiger partial charge in [-0.3, -0.25) is 14.9 Å². The van der Waals surface area contributed by atoms with Gasteiger partial charge in [0.1, 0.15) is 6.33 Å². The van der Waals surface area contributed by atoms with Gasteiger partial charge in [0.25, 0.3) is 5.69 Å². The number of halogens is 1. The van der Waals surface area contributed by atoms with E-state index >= 15 is 0 Å². The number of benzene rings is 2. The normalized spacial score (nSPS) is 10.9. The second-order valence-electron chi connectivity index (χ2n) is 7.86. The van der Waals surface area contributed by atoms with E-state index in [2.05, 4.69) is 10.2 Å². The number of rotatable bonds is 8. The molecule has 0 saturated heterocycles. The minimum atomic E-state index is -0.840. The maximum absolute atomic E-state index is 12.9. The van der Waals surface area contributed by atoms with Gasteiger partial charge in [-0.25, -0.2) is 4.79 Å². The number of nitrogens with zero attached hydrogens (tertiary/aromatic N) is 5. The van der Waals surface area contributed by atoms with E-state index in [1.165, 1.54) is 18.5 Å². The molecule has 0 amide bonds. The Balaban J connectivity index is 1.49. The monoisotopic (exact) mass is 525 g/mol. The van der Waals surface area contributed by atoms with Crippen LogP contribution in [0.15, 0.2) is 64.9 Å². The van der Waals surface area contributed by atoms with E-state index in [0.29, 0.717) is 26.3 Å². The van der Waals surface area contributed by atoms with E-state index in [9.17, 15) is 19.7 Å². The highest BCUT2D eigenvalue weighted by molar-refractivity contribution is 7.99. The lowest BCUT2D eigenvalue weighted by Crippen LogP contribution is -2.15. The number of esters is 1. The molecule has 0 aliphatic heterocycles. The summed E-state index contributed by atoms with van der Waals surface area (Å²) in [5.74, 6) is -1.23. The van der Waals surface area contributed by atoms with Crippen LogP contribution in [0.3, 0.4) is 0 Å². The Morgan fingerprint density at radius 1 is 1.14 bits per heavy atom. The van der Waals surface area contributed by atoms with Crippen LogP contribution >= 0.6 is 23.4 Å². The van der Waals surface area contributed by atoms with Crippen LogP contribution in [0.1, 0.15) is 32.1 Å². The lowest BCUT2D eigenvalue weighted by Gasteiger charge is -2.10. The number of hydrogen-bond donors (Lipinski definition) is 0. The van der Waals surface area contributed by atoms with Gasteiger partial charge in [0, 0.05) is 40.8 Å². The van der Waals surface area contributed by atoms with Gasteiger partial charge in [-0.15, -0.1) is 10.2 Å². The fraction of sp³-hybridized carbons (Fsp3) is 0.167. The quantitative estimate of drug-likeness (QED) is 0.137. The van der Waals surface area contributed by atoms with Crippen LogP contribution in [0.25, 0.3) is 5.69 Å². The molecule has 0 atom stereocenters. The number of nitro benzene ring substituents is 1. The molecule has 0 fully saturated rings. The van der Waals surface area contributed by atoms with Crippen molar-refractivity contribution in [1.82, 2.24) is 19.3 Å². The SMILES string of the molecule is Cc1cc(C(=O)COC(=O)c2ccc(Sc3nncn3C)c([N+](=O)[O-])c2)c(C)n1-c1ccc(Cl)cc1. The Morgan fingerprint density at radius 2 is 1.86 bits per heavy atom. The summed E-state index contributed by atoms with van der Waals surface area (Å²) >= 11 is 7.02. The van der Waals surface area contributed by atoms with E-state index in [1.54, 1.807) is 36.7 Å². The molecular weight excluding hydrogens is 506 g/mol. The molecule has 4 rings (SSSR count). The first-order valence-corrected chi connectivity index (χ1v) is 11.8. The molecule has 0 saturated carbocycles. The lowest BCUT2D eigenvalue weighted by atomic mass is 10.1. The van der Waals surface area contributed by atoms with Gasteiger partial charge in [-0.1, -0.05) is 11.6 Å². The van der Waals surface area contributed by atoms with Crippen molar-refractivity contribution in [2.45, 2.75) is 23.9 Å². The lowest BCUT2D eigenvalue weighted by molar-refractivity contribution is -0.387. The minimum Gasteiger partial charge on any atom is -0.454 e. The Bertz CT molecular complexity index is 1480. The van der Waals surface area contributed by atoms with Crippen molar-refractivity contribution in [2.75, 3.05) is 6.61 Å². The summed E-state index contributed by atoms with van der Waals surface area (Å²) in [5.41, 5.74) is 2.46. The maximum atomic E-state index is 12.9. The van der Waals surface area contributed by atoms with Crippen LogP contribution in [-0.2, 0) is 11.8 Å². The van der Waals surface area contributed by atoms with Crippen LogP contribution in [0.4, 0.5) is 5.69 Å². The van der Waals surface area contributed by atoms with Crippen molar-refractivity contribution < 1.29 is 19.2 Å². The number of carbonyl (C=O) groups excluding carboxylic acids is 2. The van der Waals surface area contributed by atoms with Gasteiger partial charge in [-0.2, -0.15) is 0 Å². The second-order valence-corrected chi connectivity index (χ2v) is 9.31. The van der Waals surface area contributed by atoms with Crippen LogP contribution in [0.2, 0.25) is 5.02 Å². The molecule has 184 valence electrons. The van der Waals surface area contributed by atoms with E-state index in [4.69, 9.17) is 16.3 Å². The van der Waals surface area contributed by atoms with Crippen LogP contribution < -0.4 is 0 Å². The molecule has 0 bridgehead atoms. The molecule has 0 spiro atoms. The number of aryl methyl sites for hydroxylation is 2. The summed E-state index contributed by atoms with van der Waals surface area (Å²) in [6, 6.07) is 12.9. The van der Waals surface area contributed by atoms with Crippen molar-refractivity contribution in [3.05, 3.63) is 92.5 Å². The first-order chi connectivity index (χ1) is 17.2. The molecular formula is C24H20ClN5O5S. The highest BCUT2D eigenvalue weighted by Crippen LogP contribution is 2.34. The number of nitro groups is 1. The third kappa shape index (κ3) is 5.16. The van der Waals surface area contributed by atoms with Gasteiger partial charge in [0.05, 0.1) is 15.4 Å². The average Bonchev–Trinajstić information content (AvgIpc) is 3.39. The third-order valence-electron chi connectivity index (χ3n) is 5.41. The topological polar surface area (TPSA) is 122 Å². The Labute approximate surface area is 215 Å². The second kappa shape index (κ2) is 10.3. The van der Waals surface area contributed by atoms with E-state index in [1.807, 2.05) is 23.6 Å². The number of aromatic nitrogens is 4. The van der Waals surface area contributed by atoms with Crippen molar-refractivity contribution in [2.24, 2.45) is 7.05 Å². The summed E-state index contributed by atoms with van der Waals surface area (Å²) in [6.07, 6.45) is 1.48. The first kappa shape index (κ1) is 25.1. The predicted molar refractivity (Wildman–Crippen MR) is 133 cm³/mol. The number of ketones is 1. The Morgan fingerprint density at radius 3 is 2.50 bits per heavy atom. The zero-order valence-corrected chi connectivity index (χ0v) is 21.0. The molecule has 0 unspecified atom stereocenters. The van der Waals surface area contributed by atoms with Gasteiger partial charge >= 0.3 is 5.97 Å². The molecule has 36 heavy (non-hydrogen) atoms. The molecule has 2 aromatic heterocycles. The molecule has 12 heteroatoms. The first-order valence-electron chi connectivity index (χ1n) is 10.6. The number of ether oxygens (including phenoxy) is 1. The predicted octanol–water partition coefficient (Wildman–Crippen LogP) is 4.98. The number of Topliss-reactive ketones (excluding diaryl/α,β-unsaturated/α-hetero) is 1. The van der Waals surface area contributed by atoms with Gasteiger partial charge in [0.2, 0.25) is 5.78 Å². The fourth-order valence-corrected chi connectivity index (χ4v) is 4.64. The van der Waals surface area contributed by atoms with Gasteiger partial charge in [-0.05, 0) is 68.1 Å². The molecule has 10 nitrogen and oxygen atoms in total. The average molecular weight is 526 g/mol. The van der Waals surface area contributed by atoms with E-state index < -0.39 is 17.5 Å². The Hall–Kier alpha value is -3.96. The summed E-state index contributed by atoms with van der Waals surface area (Å²) in [5, 5.41) is 20.3. The summed E-state index contributed by atoms with van der Waals surface area (Å²) in [4.78, 5) is 36.8. The number of hydrogen-bond acceptors (Lipinski definition) is 8. The zero-order valence-electron chi connectivity index (χ0n) is 19.5. The van der Waals surface area contributed by atoms with Crippen molar-refractivity contribution in [1.29, 1.82) is 0 Å². The molecule has 2 heterocycles. The van der Waals surface area contributed by atoms with Crippen molar-refractivity contribution in [3.8, 4) is 5.69 Å². The highest BCUT2D eigenvalue weighted by atomic mass is 35.5. The molecule has 0 N–H and O–H groups in total. The van der Waals surface area contributed by atoms with Crippen LogP contribution in [0.5, 0.6) is 0 Å². The summed E-state index contributed by atoms with van der Waals surface area (Å²) in [6.45, 7) is 3.16. The highest BCUT2D eigenvalue weighted by Gasteiger charge is 2.22. The Kier molecular flexibility index (Phi) is 7.22. The smallest absolute Gasteiger partial charge is 0.338 e. The van der Waals surface area contributed by atoms with Crippen molar-refractivity contribution in [3.63, 3.8) is 0 Å². The van der Waals surface area contributed by atoms with Crippen molar-refractivity contribution >= 4 is 40.8 Å². The largest absolute Gasteiger partial charge is 0.454 e. The molecule has 0 aliphatic carbocycles. The maximum Gasteiger partial charge on any atom is 0.338 e. The molecule has 4 aromatic rings. The fourth-order valence-electron chi connectivity index (χ4n) is 3.66. The van der Waals surface area contributed by atoms with E-state index in [0.717, 1.165) is 29.2 Å². The van der Waals surface area contributed by atoms with Gasteiger partial charge < -0.3 is 13.9 Å². The van der Waals surface area contributed by atoms with Crippen LogP contribution in [-0.4, -0.2) is 42.6 Å². The summed E-state index contributed by atoms with van der Waals surface area (Å²) < 4.78 is 8.72. The van der Waals surface area contributed by atoms with E-state index in [-0.39, 0.29) is 17.0 Å².